The minimum Gasteiger partial charge on any atom is -0.493 e. The number of halogens is 1. The monoisotopic (exact) mass is 266 g/mol. The second-order valence-electron chi connectivity index (χ2n) is 4.09. The average molecular weight is 266 g/mol. The summed E-state index contributed by atoms with van der Waals surface area (Å²) in [6.45, 7) is 2.06. The first kappa shape index (κ1) is 13.1. The summed E-state index contributed by atoms with van der Waals surface area (Å²) < 4.78 is 19.0. The molecule has 0 bridgehead atoms. The minimum absolute atomic E-state index is 0.292. The van der Waals surface area contributed by atoms with Crippen LogP contribution in [0.5, 0.6) is 5.75 Å². The van der Waals surface area contributed by atoms with Crippen LogP contribution in [0.2, 0.25) is 0 Å². The summed E-state index contributed by atoms with van der Waals surface area (Å²) in [5.41, 5.74) is 1.52. The highest BCUT2D eigenvalue weighted by molar-refractivity contribution is 7.07. The van der Waals surface area contributed by atoms with E-state index in [4.69, 9.17) is 4.74 Å². The molecule has 0 unspecified atom stereocenters. The molecule has 1 heterocycles. The fraction of sp³-hybridized carbons (Fsp3) is 0.286. The van der Waals surface area contributed by atoms with Crippen LogP contribution in [0.3, 0.4) is 0 Å². The number of hydrogen-bond donors (Lipinski definition) is 1. The first-order chi connectivity index (χ1) is 8.66. The van der Waals surface area contributed by atoms with Gasteiger partial charge >= 0.3 is 0 Å². The third-order valence-corrected chi connectivity index (χ3v) is 3.39. The van der Waals surface area contributed by atoms with Crippen LogP contribution in [0.4, 0.5) is 4.39 Å². The summed E-state index contributed by atoms with van der Waals surface area (Å²) in [5, 5.41) is 13.4. The third kappa shape index (κ3) is 3.31. The predicted molar refractivity (Wildman–Crippen MR) is 70.6 cm³/mol. The van der Waals surface area contributed by atoms with E-state index < -0.39 is 11.9 Å². The van der Waals surface area contributed by atoms with Gasteiger partial charge in [-0.2, -0.15) is 11.3 Å². The molecule has 4 heteroatoms. The molecule has 18 heavy (non-hydrogen) atoms. The number of rotatable bonds is 5. The normalized spacial score (nSPS) is 12.4. The van der Waals surface area contributed by atoms with Crippen LogP contribution in [-0.2, 0) is 6.42 Å². The van der Waals surface area contributed by atoms with Crippen molar-refractivity contribution in [1.29, 1.82) is 0 Å². The van der Waals surface area contributed by atoms with Crippen LogP contribution in [0.1, 0.15) is 24.2 Å². The van der Waals surface area contributed by atoms with Gasteiger partial charge in [0.05, 0.1) is 12.7 Å². The summed E-state index contributed by atoms with van der Waals surface area (Å²) >= 11 is 1.65. The van der Waals surface area contributed by atoms with Gasteiger partial charge in [0.15, 0.2) is 0 Å². The molecule has 0 saturated heterocycles. The smallest absolute Gasteiger partial charge is 0.132 e. The third-order valence-electron chi connectivity index (χ3n) is 2.66. The molecule has 0 radical (unpaired) electrons. The van der Waals surface area contributed by atoms with E-state index in [-0.39, 0.29) is 0 Å². The van der Waals surface area contributed by atoms with Crippen LogP contribution in [-0.4, -0.2) is 11.7 Å². The highest BCUT2D eigenvalue weighted by atomic mass is 32.1. The summed E-state index contributed by atoms with van der Waals surface area (Å²) in [4.78, 5) is 0. The van der Waals surface area contributed by atoms with Gasteiger partial charge in [-0.1, -0.05) is 0 Å². The number of thiophene rings is 1. The van der Waals surface area contributed by atoms with Gasteiger partial charge in [-0.05, 0) is 41.4 Å². The zero-order valence-electron chi connectivity index (χ0n) is 10.1. The summed E-state index contributed by atoms with van der Waals surface area (Å²) in [5.74, 6) is 0.0603. The summed E-state index contributed by atoms with van der Waals surface area (Å²) in [6, 6.07) is 6.60. The summed E-state index contributed by atoms with van der Waals surface area (Å²) in [6.07, 6.45) is 0.00774. The van der Waals surface area contributed by atoms with Gasteiger partial charge in [0.1, 0.15) is 11.6 Å². The Bertz CT molecular complexity index is 495. The van der Waals surface area contributed by atoms with Gasteiger partial charge in [-0.3, -0.25) is 0 Å². The molecule has 0 amide bonds. The molecule has 1 atom stereocenters. The van der Waals surface area contributed by atoms with Crippen LogP contribution >= 0.6 is 11.3 Å². The molecule has 96 valence electrons. The molecule has 0 saturated carbocycles. The van der Waals surface area contributed by atoms with E-state index in [2.05, 4.69) is 5.38 Å². The molecule has 1 N–H and O–H groups in total. The average Bonchev–Trinajstić information content (AvgIpc) is 2.81. The van der Waals surface area contributed by atoms with Crippen molar-refractivity contribution in [3.8, 4) is 5.75 Å². The zero-order chi connectivity index (χ0) is 13.0. The largest absolute Gasteiger partial charge is 0.493 e. The number of hydrogen-bond acceptors (Lipinski definition) is 3. The van der Waals surface area contributed by atoms with E-state index in [9.17, 15) is 9.50 Å². The Kier molecular flexibility index (Phi) is 4.33. The summed E-state index contributed by atoms with van der Waals surface area (Å²) in [7, 11) is 0. The quantitative estimate of drug-likeness (QED) is 0.896. The SMILES string of the molecule is C[C@H](O)c1ccc(OCCc2ccsc2)cc1F. The van der Waals surface area contributed by atoms with Crippen LogP contribution in [0.25, 0.3) is 0 Å². The number of aliphatic hydroxyl groups excluding tert-OH is 1. The van der Waals surface area contributed by atoms with Crippen molar-refractivity contribution in [3.63, 3.8) is 0 Å². The molecule has 0 aliphatic carbocycles. The van der Waals surface area contributed by atoms with Crippen molar-refractivity contribution >= 4 is 11.3 Å². The minimum atomic E-state index is -0.801. The van der Waals surface area contributed by atoms with Crippen LogP contribution in [0.15, 0.2) is 35.0 Å². The topological polar surface area (TPSA) is 29.5 Å². The van der Waals surface area contributed by atoms with Crippen molar-refractivity contribution < 1.29 is 14.2 Å². The maximum absolute atomic E-state index is 13.6. The van der Waals surface area contributed by atoms with Crippen molar-refractivity contribution in [2.75, 3.05) is 6.61 Å². The second kappa shape index (κ2) is 5.98. The molecule has 0 aliphatic heterocycles. The lowest BCUT2D eigenvalue weighted by Crippen LogP contribution is -2.02. The first-order valence-electron chi connectivity index (χ1n) is 5.78. The Morgan fingerprint density at radius 3 is 2.83 bits per heavy atom. The number of ether oxygens (including phenoxy) is 1. The maximum Gasteiger partial charge on any atom is 0.132 e. The van der Waals surface area contributed by atoms with E-state index in [1.165, 1.54) is 18.6 Å². The second-order valence-corrected chi connectivity index (χ2v) is 4.87. The maximum atomic E-state index is 13.6. The lowest BCUT2D eigenvalue weighted by Gasteiger charge is -2.09. The fourth-order valence-corrected chi connectivity index (χ4v) is 2.36. The molecule has 2 nitrogen and oxygen atoms in total. The predicted octanol–water partition coefficient (Wildman–Crippen LogP) is 3.56. The molecular weight excluding hydrogens is 251 g/mol. The molecule has 0 fully saturated rings. The van der Waals surface area contributed by atoms with Crippen molar-refractivity contribution in [2.24, 2.45) is 0 Å². The Labute approximate surface area is 110 Å². The highest BCUT2D eigenvalue weighted by Gasteiger charge is 2.08. The Morgan fingerprint density at radius 1 is 1.39 bits per heavy atom. The highest BCUT2D eigenvalue weighted by Crippen LogP contribution is 2.21. The Balaban J connectivity index is 1.92. The van der Waals surface area contributed by atoms with E-state index in [0.29, 0.717) is 17.9 Å². The fourth-order valence-electron chi connectivity index (χ4n) is 1.66. The van der Waals surface area contributed by atoms with Gasteiger partial charge in [0, 0.05) is 18.1 Å². The molecular formula is C14H15FO2S. The van der Waals surface area contributed by atoms with E-state index in [1.54, 1.807) is 23.5 Å². The van der Waals surface area contributed by atoms with E-state index in [0.717, 1.165) is 6.42 Å². The lowest BCUT2D eigenvalue weighted by molar-refractivity contribution is 0.194. The van der Waals surface area contributed by atoms with Gasteiger partial charge in [-0.15, -0.1) is 0 Å². The van der Waals surface area contributed by atoms with Gasteiger partial charge in [0.25, 0.3) is 0 Å². The standard InChI is InChI=1S/C14H15FO2S/c1-10(16)13-3-2-12(8-14(13)15)17-6-4-11-5-7-18-9-11/h2-3,5,7-10,16H,4,6H2,1H3/t10-/m0/s1. The number of benzene rings is 1. The van der Waals surface area contributed by atoms with E-state index >= 15 is 0 Å². The molecule has 1 aromatic heterocycles. The van der Waals surface area contributed by atoms with Crippen molar-refractivity contribution in [2.45, 2.75) is 19.4 Å². The van der Waals surface area contributed by atoms with Gasteiger partial charge < -0.3 is 9.84 Å². The lowest BCUT2D eigenvalue weighted by atomic mass is 10.1. The molecule has 0 aliphatic rings. The zero-order valence-corrected chi connectivity index (χ0v) is 10.9. The van der Waals surface area contributed by atoms with Gasteiger partial charge in [-0.25, -0.2) is 4.39 Å². The van der Waals surface area contributed by atoms with Crippen LogP contribution in [0, 0.1) is 5.82 Å². The van der Waals surface area contributed by atoms with Crippen molar-refractivity contribution in [1.82, 2.24) is 0 Å². The van der Waals surface area contributed by atoms with E-state index in [1.807, 2.05) is 11.4 Å². The molecule has 0 spiro atoms. The first-order valence-corrected chi connectivity index (χ1v) is 6.72. The van der Waals surface area contributed by atoms with Gasteiger partial charge in [0.2, 0.25) is 0 Å². The molecule has 2 rings (SSSR count). The Morgan fingerprint density at radius 2 is 2.22 bits per heavy atom. The number of aliphatic hydroxyl groups is 1. The van der Waals surface area contributed by atoms with Crippen molar-refractivity contribution in [3.05, 3.63) is 52.0 Å². The molecule has 2 aromatic rings. The van der Waals surface area contributed by atoms with Crippen LogP contribution < -0.4 is 4.74 Å². The molecule has 1 aromatic carbocycles. The Hall–Kier alpha value is -1.39.